The molecule has 0 heterocycles. The second-order valence-corrected chi connectivity index (χ2v) is 6.77. The first-order chi connectivity index (χ1) is 12.7. The van der Waals surface area contributed by atoms with E-state index in [0.29, 0.717) is 22.9 Å². The summed E-state index contributed by atoms with van der Waals surface area (Å²) in [4.78, 5) is 12.3. The van der Waals surface area contributed by atoms with E-state index in [1.807, 2.05) is 12.1 Å². The molecular weight excluding hydrogens is 346 g/mol. The second-order valence-electron chi connectivity index (χ2n) is 5.79. The Morgan fingerprint density at radius 1 is 0.962 bits per heavy atom. The van der Waals surface area contributed by atoms with Gasteiger partial charge in [0.2, 0.25) is 5.91 Å². The number of methoxy groups -OCH3 is 2. The number of amides is 1. The number of rotatable bonds is 7. The van der Waals surface area contributed by atoms with Gasteiger partial charge in [-0.1, -0.05) is 42.5 Å². The highest BCUT2D eigenvalue weighted by Crippen LogP contribution is 2.29. The molecule has 0 radical (unpaired) electrons. The van der Waals surface area contributed by atoms with Crippen molar-refractivity contribution in [3.63, 3.8) is 0 Å². The molecule has 0 aromatic heterocycles. The van der Waals surface area contributed by atoms with E-state index in [1.165, 1.54) is 16.3 Å². The number of ether oxygens (including phenoxy) is 2. The van der Waals surface area contributed by atoms with Crippen LogP contribution in [0.5, 0.6) is 11.5 Å². The summed E-state index contributed by atoms with van der Waals surface area (Å²) in [6.07, 6.45) is 0. The molecular formula is C21H21NO3S. The summed E-state index contributed by atoms with van der Waals surface area (Å²) >= 11 is 1.58. The Balaban J connectivity index is 1.57. The first kappa shape index (κ1) is 18.1. The third-order valence-electron chi connectivity index (χ3n) is 4.00. The number of carbonyl (C=O) groups is 1. The largest absolute Gasteiger partial charge is 0.497 e. The lowest BCUT2D eigenvalue weighted by Crippen LogP contribution is -2.15. The summed E-state index contributed by atoms with van der Waals surface area (Å²) < 4.78 is 10.5. The number of carbonyl (C=O) groups excluding carboxylic acids is 1. The van der Waals surface area contributed by atoms with E-state index in [2.05, 4.69) is 35.6 Å². The molecule has 0 saturated heterocycles. The highest BCUT2D eigenvalue weighted by atomic mass is 32.2. The molecule has 3 aromatic carbocycles. The maximum absolute atomic E-state index is 12.3. The van der Waals surface area contributed by atoms with Gasteiger partial charge < -0.3 is 14.8 Å². The Morgan fingerprint density at radius 2 is 1.77 bits per heavy atom. The fourth-order valence-electron chi connectivity index (χ4n) is 2.69. The van der Waals surface area contributed by atoms with Crippen molar-refractivity contribution in [2.45, 2.75) is 5.75 Å². The van der Waals surface area contributed by atoms with Crippen LogP contribution in [0.1, 0.15) is 5.56 Å². The summed E-state index contributed by atoms with van der Waals surface area (Å²) in [5.41, 5.74) is 1.82. The van der Waals surface area contributed by atoms with Crippen LogP contribution in [0.15, 0.2) is 60.7 Å². The van der Waals surface area contributed by atoms with E-state index in [4.69, 9.17) is 9.47 Å². The van der Waals surface area contributed by atoms with E-state index < -0.39 is 0 Å². The van der Waals surface area contributed by atoms with Crippen molar-refractivity contribution in [3.05, 3.63) is 66.2 Å². The first-order valence-electron chi connectivity index (χ1n) is 8.27. The molecule has 0 saturated carbocycles. The Labute approximate surface area is 157 Å². The second kappa shape index (κ2) is 8.63. The molecule has 5 heteroatoms. The van der Waals surface area contributed by atoms with Crippen LogP contribution in [-0.2, 0) is 10.5 Å². The minimum atomic E-state index is -0.0673. The van der Waals surface area contributed by atoms with Gasteiger partial charge in [-0.05, 0) is 28.5 Å². The molecule has 0 aliphatic carbocycles. The zero-order valence-corrected chi connectivity index (χ0v) is 15.6. The quantitative estimate of drug-likeness (QED) is 0.656. The molecule has 4 nitrogen and oxygen atoms in total. The van der Waals surface area contributed by atoms with Crippen LogP contribution in [0.4, 0.5) is 5.69 Å². The molecule has 1 amide bonds. The van der Waals surface area contributed by atoms with Gasteiger partial charge >= 0.3 is 0 Å². The maximum Gasteiger partial charge on any atom is 0.234 e. The summed E-state index contributed by atoms with van der Waals surface area (Å²) in [5, 5.41) is 5.33. The number of thioether (sulfide) groups is 1. The topological polar surface area (TPSA) is 47.6 Å². The normalized spacial score (nSPS) is 10.5. The number of hydrogen-bond donors (Lipinski definition) is 1. The van der Waals surface area contributed by atoms with E-state index in [0.717, 1.165) is 5.75 Å². The van der Waals surface area contributed by atoms with Gasteiger partial charge in [0.05, 0.1) is 25.7 Å². The van der Waals surface area contributed by atoms with E-state index in [-0.39, 0.29) is 5.91 Å². The zero-order chi connectivity index (χ0) is 18.4. The molecule has 3 rings (SSSR count). The van der Waals surface area contributed by atoms with Gasteiger partial charge in [-0.2, -0.15) is 0 Å². The lowest BCUT2D eigenvalue weighted by molar-refractivity contribution is -0.113. The predicted molar refractivity (Wildman–Crippen MR) is 108 cm³/mol. The number of benzene rings is 3. The molecule has 0 aliphatic heterocycles. The monoisotopic (exact) mass is 367 g/mol. The van der Waals surface area contributed by atoms with Crippen molar-refractivity contribution in [1.29, 1.82) is 0 Å². The van der Waals surface area contributed by atoms with Crippen LogP contribution in [0, 0.1) is 0 Å². The van der Waals surface area contributed by atoms with Crippen molar-refractivity contribution < 1.29 is 14.3 Å². The first-order valence-corrected chi connectivity index (χ1v) is 9.42. The van der Waals surface area contributed by atoms with Gasteiger partial charge in [0.15, 0.2) is 0 Å². The van der Waals surface area contributed by atoms with Gasteiger partial charge in [0, 0.05) is 11.8 Å². The van der Waals surface area contributed by atoms with Crippen LogP contribution in [0.3, 0.4) is 0 Å². The van der Waals surface area contributed by atoms with Gasteiger partial charge in [0.1, 0.15) is 11.5 Å². The van der Waals surface area contributed by atoms with Gasteiger partial charge in [-0.3, -0.25) is 4.79 Å². The van der Waals surface area contributed by atoms with E-state index in [1.54, 1.807) is 44.2 Å². The Kier molecular flexibility index (Phi) is 6.02. The third kappa shape index (κ3) is 4.49. The van der Waals surface area contributed by atoms with Gasteiger partial charge in [-0.15, -0.1) is 11.8 Å². The number of nitrogens with one attached hydrogen (secondary N) is 1. The Hall–Kier alpha value is -2.66. The maximum atomic E-state index is 12.3. The van der Waals surface area contributed by atoms with Crippen molar-refractivity contribution in [2.24, 2.45) is 0 Å². The van der Waals surface area contributed by atoms with Crippen molar-refractivity contribution >= 4 is 34.1 Å². The molecule has 0 aliphatic rings. The summed E-state index contributed by atoms with van der Waals surface area (Å²) in [6, 6.07) is 20.0. The number of anilines is 1. The van der Waals surface area contributed by atoms with Crippen molar-refractivity contribution in [2.75, 3.05) is 25.3 Å². The fraction of sp³-hybridized carbons (Fsp3) is 0.190. The van der Waals surface area contributed by atoms with Crippen molar-refractivity contribution in [3.8, 4) is 11.5 Å². The average molecular weight is 367 g/mol. The lowest BCUT2D eigenvalue weighted by atomic mass is 10.1. The van der Waals surface area contributed by atoms with Crippen LogP contribution >= 0.6 is 11.8 Å². The Bertz CT molecular complexity index is 911. The SMILES string of the molecule is COc1ccc(OC)c(NC(=O)CSCc2ccc3ccccc3c2)c1. The molecule has 26 heavy (non-hydrogen) atoms. The summed E-state index contributed by atoms with van der Waals surface area (Å²) in [6.45, 7) is 0. The lowest BCUT2D eigenvalue weighted by Gasteiger charge is -2.11. The van der Waals surface area contributed by atoms with Crippen LogP contribution < -0.4 is 14.8 Å². The molecule has 3 aromatic rings. The molecule has 0 unspecified atom stereocenters. The van der Waals surface area contributed by atoms with Crippen LogP contribution in [0.2, 0.25) is 0 Å². The van der Waals surface area contributed by atoms with Crippen LogP contribution in [0.25, 0.3) is 10.8 Å². The van der Waals surface area contributed by atoms with Gasteiger partial charge in [-0.25, -0.2) is 0 Å². The molecule has 1 N–H and O–H groups in total. The standard InChI is InChI=1S/C21H21NO3S/c1-24-18-9-10-20(25-2)19(12-18)22-21(23)14-26-13-15-7-8-16-5-3-4-6-17(16)11-15/h3-12H,13-14H2,1-2H3,(H,22,23). The Morgan fingerprint density at radius 3 is 2.54 bits per heavy atom. The molecule has 0 spiro atoms. The third-order valence-corrected chi connectivity index (χ3v) is 5.00. The fourth-order valence-corrected chi connectivity index (χ4v) is 3.46. The predicted octanol–water partition coefficient (Wildman–Crippen LogP) is 4.73. The number of hydrogen-bond acceptors (Lipinski definition) is 4. The van der Waals surface area contributed by atoms with Gasteiger partial charge in [0.25, 0.3) is 0 Å². The molecule has 0 fully saturated rings. The van der Waals surface area contributed by atoms with E-state index in [9.17, 15) is 4.79 Å². The van der Waals surface area contributed by atoms with Crippen molar-refractivity contribution in [1.82, 2.24) is 0 Å². The summed E-state index contributed by atoms with van der Waals surface area (Å²) in [5.74, 6) is 2.37. The molecule has 0 atom stereocenters. The number of fused-ring (bicyclic) bond motifs is 1. The minimum Gasteiger partial charge on any atom is -0.497 e. The summed E-state index contributed by atoms with van der Waals surface area (Å²) in [7, 11) is 3.17. The highest BCUT2D eigenvalue weighted by Gasteiger charge is 2.09. The zero-order valence-electron chi connectivity index (χ0n) is 14.8. The molecule has 0 bridgehead atoms. The molecule has 134 valence electrons. The minimum absolute atomic E-state index is 0.0673. The smallest absolute Gasteiger partial charge is 0.234 e. The van der Waals surface area contributed by atoms with E-state index >= 15 is 0 Å². The highest BCUT2D eigenvalue weighted by molar-refractivity contribution is 7.99. The van der Waals surface area contributed by atoms with Crippen LogP contribution in [-0.4, -0.2) is 25.9 Å². The average Bonchev–Trinajstić information content (AvgIpc) is 2.67.